The van der Waals surface area contributed by atoms with Crippen molar-refractivity contribution < 1.29 is 23.1 Å². The molecule has 0 heterocycles. The van der Waals surface area contributed by atoms with Gasteiger partial charge in [-0.25, -0.2) is 8.42 Å². The largest absolute Gasteiger partial charge is 0.495 e. The molecule has 0 aliphatic heterocycles. The third-order valence-corrected chi connectivity index (χ3v) is 4.50. The number of methoxy groups -OCH3 is 1. The van der Waals surface area contributed by atoms with Crippen molar-refractivity contribution in [2.75, 3.05) is 7.11 Å². The van der Waals surface area contributed by atoms with Crippen molar-refractivity contribution in [3.8, 4) is 5.75 Å². The third kappa shape index (κ3) is 4.33. The normalized spacial score (nSPS) is 13.8. The van der Waals surface area contributed by atoms with E-state index in [1.54, 1.807) is 20.8 Å². The number of sulfonamides is 1. The van der Waals surface area contributed by atoms with Crippen LogP contribution in [0.25, 0.3) is 0 Å². The quantitative estimate of drug-likeness (QED) is 0.859. The first kappa shape index (κ1) is 17.7. The van der Waals surface area contributed by atoms with Crippen LogP contribution in [0.5, 0.6) is 5.75 Å². The molecule has 0 bridgehead atoms. The maximum absolute atomic E-state index is 12.4. The Morgan fingerprint density at radius 2 is 1.95 bits per heavy atom. The summed E-state index contributed by atoms with van der Waals surface area (Å²) >= 11 is 5.79. The molecule has 0 saturated carbocycles. The SMILES string of the molecule is COc1cc(Cl)ccc1S(=O)(=O)N[C@@H](C(=O)O)C(C)(C)C. The minimum absolute atomic E-state index is 0.0491. The van der Waals surface area contributed by atoms with Crippen LogP contribution in [-0.2, 0) is 14.8 Å². The number of aliphatic carboxylic acids is 1. The molecule has 1 rings (SSSR count). The van der Waals surface area contributed by atoms with Crippen molar-refractivity contribution in [1.29, 1.82) is 0 Å². The summed E-state index contributed by atoms with van der Waals surface area (Å²) in [5.41, 5.74) is -0.793. The Morgan fingerprint density at radius 1 is 1.38 bits per heavy atom. The summed E-state index contributed by atoms with van der Waals surface area (Å²) in [4.78, 5) is 11.1. The molecule has 0 aliphatic rings. The van der Waals surface area contributed by atoms with Gasteiger partial charge in [0.2, 0.25) is 10.0 Å². The number of ether oxygens (including phenoxy) is 1. The highest BCUT2D eigenvalue weighted by Crippen LogP contribution is 2.29. The number of carboxylic acid groups (broad SMARTS) is 1. The van der Waals surface area contributed by atoms with Gasteiger partial charge < -0.3 is 9.84 Å². The fraction of sp³-hybridized carbons (Fsp3) is 0.462. The predicted octanol–water partition coefficient (Wildman–Crippen LogP) is 2.13. The third-order valence-electron chi connectivity index (χ3n) is 2.80. The Bertz CT molecular complexity index is 636. The fourth-order valence-corrected chi connectivity index (χ4v) is 3.39. The summed E-state index contributed by atoms with van der Waals surface area (Å²) < 4.78 is 32.0. The molecule has 0 aliphatic carbocycles. The molecule has 1 aromatic carbocycles. The Labute approximate surface area is 129 Å². The number of nitrogens with one attached hydrogen (secondary N) is 1. The number of rotatable bonds is 5. The van der Waals surface area contributed by atoms with Crippen LogP contribution in [0.1, 0.15) is 20.8 Å². The highest BCUT2D eigenvalue weighted by molar-refractivity contribution is 7.89. The van der Waals surface area contributed by atoms with Crippen molar-refractivity contribution in [3.05, 3.63) is 23.2 Å². The lowest BCUT2D eigenvalue weighted by molar-refractivity contribution is -0.141. The zero-order valence-electron chi connectivity index (χ0n) is 12.2. The highest BCUT2D eigenvalue weighted by Gasteiger charge is 2.36. The van der Waals surface area contributed by atoms with E-state index in [9.17, 15) is 18.3 Å². The van der Waals surface area contributed by atoms with Crippen LogP contribution in [0.2, 0.25) is 5.02 Å². The van der Waals surface area contributed by atoms with Crippen LogP contribution in [0, 0.1) is 5.41 Å². The summed E-state index contributed by atoms with van der Waals surface area (Å²) in [6.45, 7) is 4.90. The second-order valence-electron chi connectivity index (χ2n) is 5.55. The molecule has 118 valence electrons. The van der Waals surface area contributed by atoms with Crippen molar-refractivity contribution in [3.63, 3.8) is 0 Å². The average molecular weight is 336 g/mol. The first-order chi connectivity index (χ1) is 9.49. The van der Waals surface area contributed by atoms with E-state index in [4.69, 9.17) is 16.3 Å². The van der Waals surface area contributed by atoms with Crippen molar-refractivity contribution in [2.45, 2.75) is 31.7 Å². The monoisotopic (exact) mass is 335 g/mol. The van der Waals surface area contributed by atoms with E-state index < -0.39 is 27.4 Å². The minimum Gasteiger partial charge on any atom is -0.495 e. The number of hydrogen-bond acceptors (Lipinski definition) is 4. The second kappa shape index (κ2) is 6.21. The first-order valence-electron chi connectivity index (χ1n) is 6.07. The van der Waals surface area contributed by atoms with Gasteiger partial charge >= 0.3 is 5.97 Å². The number of benzene rings is 1. The van der Waals surface area contributed by atoms with Crippen LogP contribution in [-0.4, -0.2) is 32.6 Å². The molecule has 8 heteroatoms. The van der Waals surface area contributed by atoms with E-state index in [-0.39, 0.29) is 10.6 Å². The molecular weight excluding hydrogens is 318 g/mol. The molecule has 6 nitrogen and oxygen atoms in total. The average Bonchev–Trinajstić information content (AvgIpc) is 2.33. The van der Waals surface area contributed by atoms with E-state index in [0.717, 1.165) is 0 Å². The Hall–Kier alpha value is -1.31. The second-order valence-corrected chi connectivity index (χ2v) is 7.67. The van der Waals surface area contributed by atoms with Crippen LogP contribution >= 0.6 is 11.6 Å². The molecular formula is C13H18ClNO5S. The van der Waals surface area contributed by atoms with E-state index in [0.29, 0.717) is 5.02 Å². The fourth-order valence-electron chi connectivity index (χ4n) is 1.68. The van der Waals surface area contributed by atoms with Crippen LogP contribution in [0.15, 0.2) is 23.1 Å². The zero-order chi connectivity index (χ0) is 16.4. The van der Waals surface area contributed by atoms with Crippen molar-refractivity contribution in [1.82, 2.24) is 4.72 Å². The maximum Gasteiger partial charge on any atom is 0.322 e. The van der Waals surface area contributed by atoms with Gasteiger partial charge in [-0.05, 0) is 17.5 Å². The van der Waals surface area contributed by atoms with Gasteiger partial charge in [-0.2, -0.15) is 4.72 Å². The molecule has 0 fully saturated rings. The molecule has 0 aromatic heterocycles. The van der Waals surface area contributed by atoms with Gasteiger partial charge in [0, 0.05) is 11.1 Å². The van der Waals surface area contributed by atoms with E-state index in [1.165, 1.54) is 25.3 Å². The van der Waals surface area contributed by atoms with E-state index >= 15 is 0 Å². The molecule has 1 aromatic rings. The highest BCUT2D eigenvalue weighted by atomic mass is 35.5. The summed E-state index contributed by atoms with van der Waals surface area (Å²) in [5, 5.41) is 9.53. The zero-order valence-corrected chi connectivity index (χ0v) is 13.7. The van der Waals surface area contributed by atoms with Crippen LogP contribution in [0.3, 0.4) is 0 Å². The molecule has 0 unspecified atom stereocenters. The molecule has 0 radical (unpaired) electrons. The van der Waals surface area contributed by atoms with Gasteiger partial charge in [-0.3, -0.25) is 4.79 Å². The lowest BCUT2D eigenvalue weighted by atomic mass is 9.88. The number of carboxylic acids is 1. The molecule has 0 amide bonds. The van der Waals surface area contributed by atoms with E-state index in [1.807, 2.05) is 0 Å². The van der Waals surface area contributed by atoms with Gasteiger partial charge in [-0.15, -0.1) is 0 Å². The first-order valence-corrected chi connectivity index (χ1v) is 7.94. The predicted molar refractivity (Wildman–Crippen MR) is 79.2 cm³/mol. The Balaban J connectivity index is 3.26. The molecule has 1 atom stereocenters. The topological polar surface area (TPSA) is 92.7 Å². The lowest BCUT2D eigenvalue weighted by Crippen LogP contribution is -2.48. The smallest absolute Gasteiger partial charge is 0.322 e. The van der Waals surface area contributed by atoms with Gasteiger partial charge in [0.1, 0.15) is 16.7 Å². The maximum atomic E-state index is 12.4. The van der Waals surface area contributed by atoms with Gasteiger partial charge in [0.25, 0.3) is 0 Å². The Kier molecular flexibility index (Phi) is 5.25. The summed E-state index contributed by atoms with van der Waals surface area (Å²) in [6.07, 6.45) is 0. The summed E-state index contributed by atoms with van der Waals surface area (Å²) in [5.74, 6) is -1.20. The summed E-state index contributed by atoms with van der Waals surface area (Å²) in [7, 11) is -2.75. The number of carbonyl (C=O) groups is 1. The van der Waals surface area contributed by atoms with Crippen molar-refractivity contribution >= 4 is 27.6 Å². The minimum atomic E-state index is -4.06. The van der Waals surface area contributed by atoms with Gasteiger partial charge in [0.15, 0.2) is 0 Å². The van der Waals surface area contributed by atoms with E-state index in [2.05, 4.69) is 4.72 Å². The lowest BCUT2D eigenvalue weighted by Gasteiger charge is -2.27. The molecule has 21 heavy (non-hydrogen) atoms. The van der Waals surface area contributed by atoms with Gasteiger partial charge in [-0.1, -0.05) is 32.4 Å². The van der Waals surface area contributed by atoms with Gasteiger partial charge in [0.05, 0.1) is 7.11 Å². The number of halogens is 1. The van der Waals surface area contributed by atoms with Crippen molar-refractivity contribution in [2.24, 2.45) is 5.41 Å². The number of hydrogen-bond donors (Lipinski definition) is 2. The molecule has 0 spiro atoms. The molecule has 2 N–H and O–H groups in total. The van der Waals surface area contributed by atoms with Crippen LogP contribution in [0.4, 0.5) is 0 Å². The Morgan fingerprint density at radius 3 is 2.38 bits per heavy atom. The summed E-state index contributed by atoms with van der Waals surface area (Å²) in [6, 6.07) is 2.74. The van der Waals surface area contributed by atoms with Crippen LogP contribution < -0.4 is 9.46 Å². The molecule has 0 saturated heterocycles. The standard InChI is InChI=1S/C13H18ClNO5S/c1-13(2,3)11(12(16)17)15-21(18,19)10-6-5-8(14)7-9(10)20-4/h5-7,11,15H,1-4H3,(H,16,17)/t11-/m0/s1.